The van der Waals surface area contributed by atoms with Crippen LogP contribution in [-0.2, 0) is 6.54 Å². The summed E-state index contributed by atoms with van der Waals surface area (Å²) in [7, 11) is 0. The van der Waals surface area contributed by atoms with Crippen molar-refractivity contribution >= 4 is 0 Å². The van der Waals surface area contributed by atoms with E-state index in [0.29, 0.717) is 0 Å². The first kappa shape index (κ1) is 11.2. The lowest BCUT2D eigenvalue weighted by Gasteiger charge is -2.06. The second kappa shape index (κ2) is 6.60. The molecule has 0 aromatic carbocycles. The van der Waals surface area contributed by atoms with E-state index in [1.165, 1.54) is 12.8 Å². The monoisotopic (exact) mass is 195 g/mol. The van der Waals surface area contributed by atoms with Crippen LogP contribution in [0.15, 0.2) is 18.7 Å². The summed E-state index contributed by atoms with van der Waals surface area (Å²) in [5.41, 5.74) is 0. The van der Waals surface area contributed by atoms with Gasteiger partial charge in [0.05, 0.1) is 6.33 Å². The van der Waals surface area contributed by atoms with E-state index in [-0.39, 0.29) is 0 Å². The molecule has 14 heavy (non-hydrogen) atoms. The van der Waals surface area contributed by atoms with Gasteiger partial charge in [0.25, 0.3) is 0 Å². The van der Waals surface area contributed by atoms with Crippen LogP contribution in [0.3, 0.4) is 0 Å². The maximum absolute atomic E-state index is 4.00. The molecular weight excluding hydrogens is 174 g/mol. The maximum Gasteiger partial charge on any atom is 0.0945 e. The largest absolute Gasteiger partial charge is 0.337 e. The van der Waals surface area contributed by atoms with Crippen molar-refractivity contribution in [1.82, 2.24) is 14.9 Å². The number of hydrogen-bond acceptors (Lipinski definition) is 2. The molecule has 1 aromatic heterocycles. The van der Waals surface area contributed by atoms with Crippen LogP contribution in [0.4, 0.5) is 0 Å². The van der Waals surface area contributed by atoms with E-state index in [4.69, 9.17) is 0 Å². The lowest BCUT2D eigenvalue weighted by atomic mass is 10.1. The molecule has 1 N–H and O–H groups in total. The Labute approximate surface area is 86.5 Å². The van der Waals surface area contributed by atoms with Gasteiger partial charge < -0.3 is 9.88 Å². The number of aromatic nitrogens is 2. The molecule has 0 amide bonds. The molecule has 3 nitrogen and oxygen atoms in total. The molecule has 0 unspecified atom stereocenters. The Hall–Kier alpha value is -0.830. The van der Waals surface area contributed by atoms with Crippen molar-refractivity contribution in [2.45, 2.75) is 33.2 Å². The second-order valence-electron chi connectivity index (χ2n) is 4.09. The molecule has 0 aliphatic carbocycles. The lowest BCUT2D eigenvalue weighted by molar-refractivity contribution is 0.517. The first-order chi connectivity index (χ1) is 6.79. The molecule has 0 atom stereocenters. The fourth-order valence-corrected chi connectivity index (χ4v) is 1.32. The van der Waals surface area contributed by atoms with E-state index < -0.39 is 0 Å². The van der Waals surface area contributed by atoms with Crippen molar-refractivity contribution in [3.63, 3.8) is 0 Å². The van der Waals surface area contributed by atoms with Crippen molar-refractivity contribution in [3.8, 4) is 0 Å². The van der Waals surface area contributed by atoms with Gasteiger partial charge in [0.2, 0.25) is 0 Å². The lowest BCUT2D eigenvalue weighted by Crippen LogP contribution is -2.19. The van der Waals surface area contributed by atoms with Crippen LogP contribution < -0.4 is 5.32 Å². The van der Waals surface area contributed by atoms with Crippen LogP contribution in [0, 0.1) is 5.92 Å². The Bertz CT molecular complexity index is 216. The highest BCUT2D eigenvalue weighted by molar-refractivity contribution is 4.73. The normalized spacial score (nSPS) is 11.1. The van der Waals surface area contributed by atoms with E-state index in [1.54, 1.807) is 0 Å². The van der Waals surface area contributed by atoms with Gasteiger partial charge >= 0.3 is 0 Å². The highest BCUT2D eigenvalue weighted by Crippen LogP contribution is 1.96. The van der Waals surface area contributed by atoms with Gasteiger partial charge in [-0.2, -0.15) is 0 Å². The molecule has 0 fully saturated rings. The van der Waals surface area contributed by atoms with Crippen LogP contribution in [0.5, 0.6) is 0 Å². The quantitative estimate of drug-likeness (QED) is 0.674. The number of rotatable bonds is 7. The minimum Gasteiger partial charge on any atom is -0.337 e. The Kier molecular flexibility index (Phi) is 5.30. The minimum absolute atomic E-state index is 0.802. The Morgan fingerprint density at radius 3 is 2.86 bits per heavy atom. The number of nitrogens with one attached hydrogen (secondary N) is 1. The number of aryl methyl sites for hydroxylation is 1. The summed E-state index contributed by atoms with van der Waals surface area (Å²) in [6, 6.07) is 0. The fourth-order valence-electron chi connectivity index (χ4n) is 1.32. The first-order valence-electron chi connectivity index (χ1n) is 5.45. The number of nitrogens with zero attached hydrogens (tertiary/aromatic N) is 2. The zero-order valence-corrected chi connectivity index (χ0v) is 9.24. The Morgan fingerprint density at radius 2 is 2.21 bits per heavy atom. The van der Waals surface area contributed by atoms with Gasteiger partial charge in [-0.3, -0.25) is 0 Å². The van der Waals surface area contributed by atoms with E-state index >= 15 is 0 Å². The van der Waals surface area contributed by atoms with Crippen molar-refractivity contribution in [3.05, 3.63) is 18.7 Å². The van der Waals surface area contributed by atoms with Gasteiger partial charge in [-0.15, -0.1) is 0 Å². The summed E-state index contributed by atoms with van der Waals surface area (Å²) in [5, 5.41) is 3.45. The fraction of sp³-hybridized carbons (Fsp3) is 0.727. The van der Waals surface area contributed by atoms with Crippen molar-refractivity contribution in [2.24, 2.45) is 5.92 Å². The molecular formula is C11H21N3. The van der Waals surface area contributed by atoms with Gasteiger partial charge in [0.15, 0.2) is 0 Å². The third-order valence-corrected chi connectivity index (χ3v) is 2.23. The number of imidazole rings is 1. The summed E-state index contributed by atoms with van der Waals surface area (Å²) in [4.78, 5) is 4.00. The standard InChI is InChI=1S/C11H21N3/c1-11(2)4-6-12-5-3-8-14-9-7-13-10-14/h7,9-12H,3-6,8H2,1-2H3. The molecule has 3 heteroatoms. The van der Waals surface area contributed by atoms with Crippen LogP contribution in [-0.4, -0.2) is 22.6 Å². The van der Waals surface area contributed by atoms with Crippen molar-refractivity contribution in [1.29, 1.82) is 0 Å². The predicted octanol–water partition coefficient (Wildman–Crippen LogP) is 1.91. The van der Waals surface area contributed by atoms with Crippen LogP contribution in [0.2, 0.25) is 0 Å². The topological polar surface area (TPSA) is 29.9 Å². The summed E-state index contributed by atoms with van der Waals surface area (Å²) in [6.07, 6.45) is 8.15. The van der Waals surface area contributed by atoms with Crippen LogP contribution in [0.1, 0.15) is 26.7 Å². The molecule has 0 bridgehead atoms. The molecule has 0 aliphatic heterocycles. The molecule has 0 saturated carbocycles. The SMILES string of the molecule is CC(C)CCNCCCn1ccnc1. The molecule has 0 aliphatic rings. The molecule has 1 heterocycles. The zero-order valence-electron chi connectivity index (χ0n) is 9.24. The zero-order chi connectivity index (χ0) is 10.2. The van der Waals surface area contributed by atoms with E-state index in [0.717, 1.165) is 25.6 Å². The smallest absolute Gasteiger partial charge is 0.0945 e. The summed E-state index contributed by atoms with van der Waals surface area (Å²) in [6.45, 7) is 7.82. The Balaban J connectivity index is 1.90. The highest BCUT2D eigenvalue weighted by Gasteiger charge is 1.93. The molecule has 80 valence electrons. The summed E-state index contributed by atoms with van der Waals surface area (Å²) >= 11 is 0. The summed E-state index contributed by atoms with van der Waals surface area (Å²) < 4.78 is 2.12. The van der Waals surface area contributed by atoms with Crippen LogP contribution in [0.25, 0.3) is 0 Å². The van der Waals surface area contributed by atoms with E-state index in [9.17, 15) is 0 Å². The molecule has 0 spiro atoms. The average Bonchev–Trinajstić information content (AvgIpc) is 2.63. The molecule has 1 rings (SSSR count). The second-order valence-corrected chi connectivity index (χ2v) is 4.09. The van der Waals surface area contributed by atoms with Gasteiger partial charge in [-0.25, -0.2) is 4.98 Å². The van der Waals surface area contributed by atoms with Crippen molar-refractivity contribution < 1.29 is 0 Å². The molecule has 0 radical (unpaired) electrons. The molecule has 0 saturated heterocycles. The van der Waals surface area contributed by atoms with Gasteiger partial charge in [-0.05, 0) is 31.8 Å². The van der Waals surface area contributed by atoms with Gasteiger partial charge in [0.1, 0.15) is 0 Å². The number of hydrogen-bond donors (Lipinski definition) is 1. The van der Waals surface area contributed by atoms with Crippen molar-refractivity contribution in [2.75, 3.05) is 13.1 Å². The van der Waals surface area contributed by atoms with E-state index in [1.807, 2.05) is 18.7 Å². The average molecular weight is 195 g/mol. The minimum atomic E-state index is 0.802. The highest BCUT2D eigenvalue weighted by atomic mass is 15.0. The third kappa shape index (κ3) is 5.02. The maximum atomic E-state index is 4.00. The van der Waals surface area contributed by atoms with E-state index in [2.05, 4.69) is 28.7 Å². The Morgan fingerprint density at radius 1 is 1.36 bits per heavy atom. The van der Waals surface area contributed by atoms with Gasteiger partial charge in [-0.1, -0.05) is 13.8 Å². The third-order valence-electron chi connectivity index (χ3n) is 2.23. The first-order valence-corrected chi connectivity index (χ1v) is 5.45. The van der Waals surface area contributed by atoms with Crippen LogP contribution >= 0.6 is 0 Å². The summed E-state index contributed by atoms with van der Waals surface area (Å²) in [5.74, 6) is 0.802. The molecule has 1 aromatic rings. The predicted molar refractivity (Wildman–Crippen MR) is 59.2 cm³/mol. The van der Waals surface area contributed by atoms with Gasteiger partial charge in [0, 0.05) is 18.9 Å².